The number of hydrogen-bond acceptors (Lipinski definition) is 4. The molecule has 0 saturated heterocycles. The maximum atomic E-state index is 12.8. The summed E-state index contributed by atoms with van der Waals surface area (Å²) in [5.74, 6) is 0.770. The number of benzene rings is 1. The number of hydrogen-bond donors (Lipinski definition) is 2. The predicted molar refractivity (Wildman–Crippen MR) is 103 cm³/mol. The molecule has 0 spiro atoms. The molecule has 2 heterocycles. The van der Waals surface area contributed by atoms with Gasteiger partial charge in [-0.25, -0.2) is 9.97 Å². The molecule has 7 heteroatoms. The van der Waals surface area contributed by atoms with E-state index in [1.165, 1.54) is 0 Å². The molecule has 0 unspecified atom stereocenters. The van der Waals surface area contributed by atoms with Crippen LogP contribution in [0.5, 0.6) is 0 Å². The molecule has 2 N–H and O–H groups in total. The van der Waals surface area contributed by atoms with Crippen LogP contribution in [0.2, 0.25) is 0 Å². The third-order valence-corrected chi connectivity index (χ3v) is 5.56. The van der Waals surface area contributed by atoms with Gasteiger partial charge in [0, 0.05) is 24.5 Å². The molecule has 7 nitrogen and oxygen atoms in total. The fourth-order valence-electron chi connectivity index (χ4n) is 4.15. The van der Waals surface area contributed by atoms with Crippen molar-refractivity contribution in [2.75, 3.05) is 0 Å². The van der Waals surface area contributed by atoms with Crippen LogP contribution in [-0.2, 0) is 6.54 Å². The first-order valence-corrected chi connectivity index (χ1v) is 9.51. The van der Waals surface area contributed by atoms with E-state index in [1.807, 2.05) is 35.9 Å². The molecule has 3 atom stereocenters. The number of carbonyl (C=O) groups is 1. The summed E-state index contributed by atoms with van der Waals surface area (Å²) in [6.45, 7) is 4.89. The molecular formula is C20H25N5O2. The maximum Gasteiger partial charge on any atom is 0.251 e. The lowest BCUT2D eigenvalue weighted by Gasteiger charge is -2.35. The predicted octanol–water partition coefficient (Wildman–Crippen LogP) is 2.45. The first-order valence-electron chi connectivity index (χ1n) is 9.51. The van der Waals surface area contributed by atoms with Gasteiger partial charge < -0.3 is 19.6 Å². The summed E-state index contributed by atoms with van der Waals surface area (Å²) in [5, 5.41) is 13.8. The minimum atomic E-state index is -0.637. The molecule has 1 aliphatic carbocycles. The fourth-order valence-corrected chi connectivity index (χ4v) is 4.15. The van der Waals surface area contributed by atoms with Gasteiger partial charge in [-0.2, -0.15) is 0 Å². The third kappa shape index (κ3) is 3.23. The number of fused-ring (bicyclic) bond motifs is 1. The van der Waals surface area contributed by atoms with Crippen LogP contribution in [0.1, 0.15) is 48.4 Å². The van der Waals surface area contributed by atoms with E-state index >= 15 is 0 Å². The lowest BCUT2D eigenvalue weighted by atomic mass is 9.87. The molecule has 0 bridgehead atoms. The molecule has 3 aromatic rings. The van der Waals surface area contributed by atoms with E-state index in [2.05, 4.69) is 26.8 Å². The number of nitrogens with one attached hydrogen (secondary N) is 1. The summed E-state index contributed by atoms with van der Waals surface area (Å²) < 4.78 is 4.05. The lowest BCUT2D eigenvalue weighted by Crippen LogP contribution is -2.49. The second-order valence-electron chi connectivity index (χ2n) is 7.19. The van der Waals surface area contributed by atoms with Gasteiger partial charge in [-0.3, -0.25) is 4.79 Å². The molecule has 1 saturated carbocycles. The minimum absolute atomic E-state index is 0.0584. The van der Waals surface area contributed by atoms with Gasteiger partial charge in [-0.15, -0.1) is 0 Å². The Bertz CT molecular complexity index is 947. The van der Waals surface area contributed by atoms with E-state index in [0.717, 1.165) is 42.7 Å². The van der Waals surface area contributed by atoms with Crippen molar-refractivity contribution < 1.29 is 9.90 Å². The topological polar surface area (TPSA) is 85.0 Å². The van der Waals surface area contributed by atoms with Gasteiger partial charge in [-0.1, -0.05) is 0 Å². The first kappa shape index (κ1) is 17.7. The summed E-state index contributed by atoms with van der Waals surface area (Å²) in [5.41, 5.74) is 2.42. The van der Waals surface area contributed by atoms with Crippen LogP contribution in [0.15, 0.2) is 36.9 Å². The highest BCUT2D eigenvalue weighted by molar-refractivity contribution is 5.97. The standard InChI is InChI=1S/C20H25N5O2/c1-3-25-13(2)22-16-11-14(7-8-17(16)25)20(27)23-15-5-4-6-18(19(15)26)24-10-9-21-12-24/h7-12,15,18-19,26H,3-6H2,1-2H3,(H,23,27)/t15-,18-,19-/m1/s1. The second-order valence-corrected chi connectivity index (χ2v) is 7.19. The van der Waals surface area contributed by atoms with Gasteiger partial charge in [0.25, 0.3) is 5.91 Å². The molecule has 27 heavy (non-hydrogen) atoms. The zero-order valence-corrected chi connectivity index (χ0v) is 15.7. The van der Waals surface area contributed by atoms with Crippen LogP contribution in [0, 0.1) is 6.92 Å². The Morgan fingerprint density at radius 3 is 2.96 bits per heavy atom. The van der Waals surface area contributed by atoms with E-state index in [1.54, 1.807) is 12.5 Å². The van der Waals surface area contributed by atoms with Gasteiger partial charge >= 0.3 is 0 Å². The lowest BCUT2D eigenvalue weighted by molar-refractivity contribution is 0.0399. The highest BCUT2D eigenvalue weighted by Gasteiger charge is 2.33. The van der Waals surface area contributed by atoms with Gasteiger partial charge in [-0.05, 0) is 51.3 Å². The molecule has 0 aliphatic heterocycles. The summed E-state index contributed by atoms with van der Waals surface area (Å²) >= 11 is 0. The molecular weight excluding hydrogens is 342 g/mol. The van der Waals surface area contributed by atoms with E-state index in [9.17, 15) is 9.90 Å². The molecule has 4 rings (SSSR count). The van der Waals surface area contributed by atoms with Gasteiger partial charge in [0.05, 0.1) is 35.5 Å². The number of aliphatic hydroxyl groups excluding tert-OH is 1. The van der Waals surface area contributed by atoms with Gasteiger partial charge in [0.1, 0.15) is 5.82 Å². The molecule has 0 radical (unpaired) electrons. The third-order valence-electron chi connectivity index (χ3n) is 5.56. The Morgan fingerprint density at radius 1 is 1.37 bits per heavy atom. The average molecular weight is 367 g/mol. The van der Waals surface area contributed by atoms with Crippen molar-refractivity contribution in [2.45, 2.75) is 57.8 Å². The molecule has 142 valence electrons. The Hall–Kier alpha value is -2.67. The van der Waals surface area contributed by atoms with E-state index in [4.69, 9.17) is 0 Å². The Kier molecular flexibility index (Phi) is 4.70. The maximum absolute atomic E-state index is 12.8. The first-order chi connectivity index (χ1) is 13.1. The number of aliphatic hydroxyl groups is 1. The zero-order chi connectivity index (χ0) is 19.0. The van der Waals surface area contributed by atoms with Crippen molar-refractivity contribution in [2.24, 2.45) is 0 Å². The quantitative estimate of drug-likeness (QED) is 0.742. The Balaban J connectivity index is 1.52. The largest absolute Gasteiger partial charge is 0.389 e. The van der Waals surface area contributed by atoms with Crippen LogP contribution < -0.4 is 5.32 Å². The number of nitrogens with zero attached hydrogens (tertiary/aromatic N) is 4. The fraction of sp³-hybridized carbons (Fsp3) is 0.450. The monoisotopic (exact) mass is 367 g/mol. The smallest absolute Gasteiger partial charge is 0.251 e. The molecule has 1 aliphatic rings. The molecule has 1 amide bonds. The van der Waals surface area contributed by atoms with Crippen LogP contribution >= 0.6 is 0 Å². The van der Waals surface area contributed by atoms with Crippen molar-refractivity contribution in [3.05, 3.63) is 48.3 Å². The number of aryl methyl sites for hydroxylation is 2. The van der Waals surface area contributed by atoms with Gasteiger partial charge in [0.2, 0.25) is 0 Å². The molecule has 1 fully saturated rings. The van der Waals surface area contributed by atoms with Crippen molar-refractivity contribution in [3.8, 4) is 0 Å². The number of amides is 1. The van der Waals surface area contributed by atoms with Gasteiger partial charge in [0.15, 0.2) is 0 Å². The van der Waals surface area contributed by atoms with Crippen molar-refractivity contribution in [1.29, 1.82) is 0 Å². The summed E-state index contributed by atoms with van der Waals surface area (Å²) in [6, 6.07) is 5.26. The summed E-state index contributed by atoms with van der Waals surface area (Å²) in [7, 11) is 0. The SMILES string of the molecule is CCn1c(C)nc2cc(C(=O)N[C@@H]3CCC[C@@H](n4ccnc4)[C@@H]3O)ccc21. The highest BCUT2D eigenvalue weighted by Crippen LogP contribution is 2.29. The van der Waals surface area contributed by atoms with Crippen molar-refractivity contribution >= 4 is 16.9 Å². The van der Waals surface area contributed by atoms with Crippen LogP contribution in [0.25, 0.3) is 11.0 Å². The van der Waals surface area contributed by atoms with Crippen LogP contribution in [0.4, 0.5) is 0 Å². The van der Waals surface area contributed by atoms with E-state index in [0.29, 0.717) is 5.56 Å². The Labute approximate surface area is 158 Å². The zero-order valence-electron chi connectivity index (χ0n) is 15.7. The molecule has 1 aromatic carbocycles. The molecule has 2 aromatic heterocycles. The summed E-state index contributed by atoms with van der Waals surface area (Å²) in [6.07, 6.45) is 7.25. The van der Waals surface area contributed by atoms with E-state index in [-0.39, 0.29) is 18.0 Å². The second kappa shape index (κ2) is 7.15. The van der Waals surface area contributed by atoms with Crippen molar-refractivity contribution in [1.82, 2.24) is 24.4 Å². The number of carbonyl (C=O) groups excluding carboxylic acids is 1. The average Bonchev–Trinajstić information content (AvgIpc) is 3.29. The normalized spacial score (nSPS) is 22.9. The number of imidazole rings is 2. The number of aromatic nitrogens is 4. The van der Waals surface area contributed by atoms with E-state index < -0.39 is 6.10 Å². The van der Waals surface area contributed by atoms with Crippen LogP contribution in [-0.4, -0.2) is 42.3 Å². The summed E-state index contributed by atoms with van der Waals surface area (Å²) in [4.78, 5) is 21.4. The highest BCUT2D eigenvalue weighted by atomic mass is 16.3. The van der Waals surface area contributed by atoms with Crippen LogP contribution in [0.3, 0.4) is 0 Å². The Morgan fingerprint density at radius 2 is 2.22 bits per heavy atom. The van der Waals surface area contributed by atoms with Crippen molar-refractivity contribution in [3.63, 3.8) is 0 Å². The number of rotatable bonds is 4. The minimum Gasteiger partial charge on any atom is -0.389 e.